The first-order valence-corrected chi connectivity index (χ1v) is 9.85. The summed E-state index contributed by atoms with van der Waals surface area (Å²) in [5, 5.41) is 3.35. The van der Waals surface area contributed by atoms with Crippen LogP contribution in [-0.4, -0.2) is 33.2 Å². The zero-order valence-corrected chi connectivity index (χ0v) is 15.4. The van der Waals surface area contributed by atoms with Crippen molar-refractivity contribution >= 4 is 50.5 Å². The summed E-state index contributed by atoms with van der Waals surface area (Å²) in [6, 6.07) is 11.3. The number of para-hydroxylation sites is 2. The van der Waals surface area contributed by atoms with Gasteiger partial charge in [-0.15, -0.1) is 0 Å². The molecule has 1 aliphatic heterocycles. The Bertz CT molecular complexity index is 933. The van der Waals surface area contributed by atoms with Crippen molar-refractivity contribution in [3.05, 3.63) is 52.5 Å². The molecule has 0 saturated carbocycles. The van der Waals surface area contributed by atoms with Gasteiger partial charge >= 0.3 is 0 Å². The van der Waals surface area contributed by atoms with E-state index in [1.165, 1.54) is 6.07 Å². The molecule has 1 aliphatic rings. The number of sulfonamides is 1. The van der Waals surface area contributed by atoms with Crippen LogP contribution >= 0.6 is 23.2 Å². The number of hydrogen-bond acceptors (Lipinski definition) is 4. The van der Waals surface area contributed by atoms with Gasteiger partial charge in [-0.3, -0.25) is 9.10 Å². The molecule has 0 saturated heterocycles. The lowest BCUT2D eigenvalue weighted by Crippen LogP contribution is -2.48. The molecule has 6 nitrogen and oxygen atoms in total. The van der Waals surface area contributed by atoms with Crippen LogP contribution in [0.3, 0.4) is 0 Å². The first kappa shape index (κ1) is 17.8. The summed E-state index contributed by atoms with van der Waals surface area (Å²) in [6.45, 7) is -0.139. The van der Waals surface area contributed by atoms with Crippen molar-refractivity contribution in [3.8, 4) is 5.75 Å². The molecule has 0 spiro atoms. The molecule has 1 heterocycles. The molecule has 132 valence electrons. The van der Waals surface area contributed by atoms with Gasteiger partial charge in [-0.1, -0.05) is 35.3 Å². The summed E-state index contributed by atoms with van der Waals surface area (Å²) in [6.07, 6.45) is 0.0532. The molecule has 1 atom stereocenters. The number of benzene rings is 2. The van der Waals surface area contributed by atoms with Gasteiger partial charge in [-0.25, -0.2) is 8.42 Å². The number of carbonyl (C=O) groups is 1. The lowest BCUT2D eigenvalue weighted by Gasteiger charge is -2.33. The van der Waals surface area contributed by atoms with Gasteiger partial charge in [-0.2, -0.15) is 0 Å². The Balaban J connectivity index is 1.88. The number of halogens is 2. The second-order valence-corrected chi connectivity index (χ2v) is 8.23. The van der Waals surface area contributed by atoms with Gasteiger partial charge < -0.3 is 10.1 Å². The number of ether oxygens (including phenoxy) is 1. The van der Waals surface area contributed by atoms with E-state index in [-0.39, 0.29) is 6.54 Å². The van der Waals surface area contributed by atoms with Crippen LogP contribution in [0.1, 0.15) is 0 Å². The van der Waals surface area contributed by atoms with Crippen molar-refractivity contribution in [2.24, 2.45) is 0 Å². The molecule has 1 amide bonds. The van der Waals surface area contributed by atoms with E-state index in [2.05, 4.69) is 5.32 Å². The van der Waals surface area contributed by atoms with Crippen LogP contribution in [0.15, 0.2) is 42.5 Å². The topological polar surface area (TPSA) is 75.7 Å². The van der Waals surface area contributed by atoms with Gasteiger partial charge in [0.1, 0.15) is 5.75 Å². The third-order valence-electron chi connectivity index (χ3n) is 3.61. The van der Waals surface area contributed by atoms with Gasteiger partial charge in [0, 0.05) is 5.02 Å². The van der Waals surface area contributed by atoms with Crippen LogP contribution in [0, 0.1) is 0 Å². The van der Waals surface area contributed by atoms with Crippen LogP contribution in [0.25, 0.3) is 0 Å². The van der Waals surface area contributed by atoms with Crippen LogP contribution in [0.2, 0.25) is 10.0 Å². The number of nitrogens with zero attached hydrogens (tertiary/aromatic N) is 1. The van der Waals surface area contributed by atoms with Gasteiger partial charge in [0.25, 0.3) is 5.91 Å². The van der Waals surface area contributed by atoms with E-state index in [9.17, 15) is 13.2 Å². The molecule has 3 rings (SSSR count). The molecule has 0 aliphatic carbocycles. The molecule has 2 aromatic carbocycles. The Morgan fingerprint density at radius 1 is 1.24 bits per heavy atom. The fraction of sp³-hybridized carbons (Fsp3) is 0.188. The lowest BCUT2D eigenvalue weighted by atomic mass is 10.2. The highest BCUT2D eigenvalue weighted by Gasteiger charge is 2.35. The van der Waals surface area contributed by atoms with E-state index < -0.39 is 22.0 Å². The van der Waals surface area contributed by atoms with Crippen molar-refractivity contribution in [1.29, 1.82) is 0 Å². The summed E-state index contributed by atoms with van der Waals surface area (Å²) in [5.41, 5.74) is 0.724. The Kier molecular flexibility index (Phi) is 4.81. The number of rotatable bonds is 3. The van der Waals surface area contributed by atoms with E-state index in [0.29, 0.717) is 27.2 Å². The number of amides is 1. The smallest absolute Gasteiger partial charge is 0.267 e. The normalized spacial score (nSPS) is 16.8. The summed E-state index contributed by atoms with van der Waals surface area (Å²) < 4.78 is 31.0. The Morgan fingerprint density at radius 3 is 2.68 bits per heavy atom. The second-order valence-electron chi connectivity index (χ2n) is 5.48. The quantitative estimate of drug-likeness (QED) is 0.858. The molecule has 25 heavy (non-hydrogen) atoms. The molecule has 0 unspecified atom stereocenters. The molecule has 0 fully saturated rings. The van der Waals surface area contributed by atoms with E-state index in [1.807, 2.05) is 0 Å². The molecule has 1 N–H and O–H groups in total. The predicted molar refractivity (Wildman–Crippen MR) is 98.1 cm³/mol. The van der Waals surface area contributed by atoms with Crippen molar-refractivity contribution in [2.45, 2.75) is 6.10 Å². The minimum atomic E-state index is -3.57. The number of fused-ring (bicyclic) bond motifs is 1. The highest BCUT2D eigenvalue weighted by molar-refractivity contribution is 7.92. The van der Waals surface area contributed by atoms with E-state index in [1.54, 1.807) is 36.4 Å². The number of nitrogens with one attached hydrogen (secondary N) is 1. The fourth-order valence-electron chi connectivity index (χ4n) is 2.46. The Morgan fingerprint density at radius 2 is 1.96 bits per heavy atom. The molecule has 0 bridgehead atoms. The minimum Gasteiger partial charge on any atom is -0.476 e. The predicted octanol–water partition coefficient (Wildman–Crippen LogP) is 3.16. The maximum absolute atomic E-state index is 12.6. The standard InChI is InChI=1S/C16H14Cl2N2O4S/c1-25(22,23)20-9-15(24-14-5-3-2-4-13(14)20)16(21)19-12-8-10(17)6-7-11(12)18/h2-8,15H,9H2,1H3,(H,19,21)/t15-/m1/s1. The average molecular weight is 401 g/mol. The van der Waals surface area contributed by atoms with Gasteiger partial charge in [0.2, 0.25) is 10.0 Å². The number of carbonyl (C=O) groups excluding carboxylic acids is 1. The highest BCUT2D eigenvalue weighted by atomic mass is 35.5. The molecule has 2 aromatic rings. The summed E-state index contributed by atoms with van der Waals surface area (Å²) >= 11 is 11.9. The van der Waals surface area contributed by atoms with Crippen LogP contribution in [0.4, 0.5) is 11.4 Å². The first-order chi connectivity index (χ1) is 11.8. The zero-order valence-electron chi connectivity index (χ0n) is 13.1. The molecule has 0 radical (unpaired) electrons. The van der Waals surface area contributed by atoms with E-state index in [4.69, 9.17) is 27.9 Å². The van der Waals surface area contributed by atoms with Gasteiger partial charge in [0.05, 0.1) is 29.2 Å². The van der Waals surface area contributed by atoms with Gasteiger partial charge in [0.15, 0.2) is 6.10 Å². The van der Waals surface area contributed by atoms with Crippen molar-refractivity contribution in [2.75, 3.05) is 22.4 Å². The Hall–Kier alpha value is -1.96. The van der Waals surface area contributed by atoms with Crippen LogP contribution < -0.4 is 14.4 Å². The van der Waals surface area contributed by atoms with E-state index in [0.717, 1.165) is 10.6 Å². The third kappa shape index (κ3) is 3.84. The van der Waals surface area contributed by atoms with Crippen molar-refractivity contribution < 1.29 is 17.9 Å². The van der Waals surface area contributed by atoms with Crippen molar-refractivity contribution in [3.63, 3.8) is 0 Å². The fourth-order valence-corrected chi connectivity index (χ4v) is 3.71. The van der Waals surface area contributed by atoms with Gasteiger partial charge in [-0.05, 0) is 30.3 Å². The monoisotopic (exact) mass is 400 g/mol. The first-order valence-electron chi connectivity index (χ1n) is 7.25. The molecule has 0 aromatic heterocycles. The average Bonchev–Trinajstić information content (AvgIpc) is 2.56. The second kappa shape index (κ2) is 6.74. The summed E-state index contributed by atoms with van der Waals surface area (Å²) in [4.78, 5) is 12.6. The maximum Gasteiger partial charge on any atom is 0.267 e. The van der Waals surface area contributed by atoms with Crippen LogP contribution in [0.5, 0.6) is 5.75 Å². The zero-order chi connectivity index (χ0) is 18.2. The van der Waals surface area contributed by atoms with Crippen molar-refractivity contribution in [1.82, 2.24) is 0 Å². The molecular formula is C16H14Cl2N2O4S. The van der Waals surface area contributed by atoms with Crippen LogP contribution in [-0.2, 0) is 14.8 Å². The largest absolute Gasteiger partial charge is 0.476 e. The number of anilines is 2. The summed E-state index contributed by atoms with van der Waals surface area (Å²) in [7, 11) is -3.57. The highest BCUT2D eigenvalue weighted by Crippen LogP contribution is 2.35. The SMILES string of the molecule is CS(=O)(=O)N1C[C@H](C(=O)Nc2cc(Cl)ccc2Cl)Oc2ccccc21. The summed E-state index contributed by atoms with van der Waals surface area (Å²) in [5.74, 6) is -0.205. The molecule has 9 heteroatoms. The lowest BCUT2D eigenvalue weighted by molar-refractivity contribution is -0.122. The number of hydrogen-bond donors (Lipinski definition) is 1. The Labute approximate surface area is 155 Å². The third-order valence-corrected chi connectivity index (χ3v) is 5.32. The van der Waals surface area contributed by atoms with E-state index >= 15 is 0 Å². The minimum absolute atomic E-state index is 0.139. The maximum atomic E-state index is 12.6. The molecular weight excluding hydrogens is 387 g/mol.